The van der Waals surface area contributed by atoms with Crippen molar-refractivity contribution in [3.05, 3.63) is 30.2 Å². The van der Waals surface area contributed by atoms with E-state index in [0.717, 1.165) is 31.6 Å². The Bertz CT molecular complexity index is 510. The first kappa shape index (κ1) is 10.1. The van der Waals surface area contributed by atoms with Crippen LogP contribution in [0.25, 0.3) is 11.5 Å². The second-order valence-electron chi connectivity index (χ2n) is 4.14. The van der Waals surface area contributed by atoms with Gasteiger partial charge in [0.2, 0.25) is 0 Å². The Labute approximate surface area is 98.4 Å². The number of amides is 1. The van der Waals surface area contributed by atoms with Gasteiger partial charge in [0.05, 0.1) is 6.26 Å². The first-order chi connectivity index (χ1) is 8.34. The maximum Gasteiger partial charge on any atom is 0.274 e. The fourth-order valence-corrected chi connectivity index (χ4v) is 2.07. The number of rotatable bonds is 2. The van der Waals surface area contributed by atoms with Gasteiger partial charge in [-0.05, 0) is 25.0 Å². The number of nitrogens with one attached hydrogen (secondary N) is 1. The summed E-state index contributed by atoms with van der Waals surface area (Å²) in [6.07, 6.45) is 3.76. The summed E-state index contributed by atoms with van der Waals surface area (Å²) >= 11 is 0. The second-order valence-corrected chi connectivity index (χ2v) is 4.14. The number of H-pyrrole nitrogens is 1. The van der Waals surface area contributed by atoms with Crippen LogP contribution in [0.3, 0.4) is 0 Å². The van der Waals surface area contributed by atoms with Crippen molar-refractivity contribution in [3.63, 3.8) is 0 Å². The lowest BCUT2D eigenvalue weighted by Crippen LogP contribution is -2.27. The summed E-state index contributed by atoms with van der Waals surface area (Å²) in [7, 11) is 0. The van der Waals surface area contributed by atoms with E-state index in [-0.39, 0.29) is 5.91 Å². The highest BCUT2D eigenvalue weighted by Gasteiger charge is 2.22. The Hall–Kier alpha value is -2.04. The van der Waals surface area contributed by atoms with Crippen LogP contribution in [0.1, 0.15) is 23.3 Å². The molecule has 3 heterocycles. The van der Waals surface area contributed by atoms with Crippen molar-refractivity contribution < 1.29 is 9.21 Å². The molecule has 3 rings (SSSR count). The summed E-state index contributed by atoms with van der Waals surface area (Å²) in [6, 6.07) is 5.37. The van der Waals surface area contributed by atoms with E-state index in [0.29, 0.717) is 11.5 Å². The van der Waals surface area contributed by atoms with Crippen molar-refractivity contribution >= 4 is 5.91 Å². The molecule has 0 bridgehead atoms. The fraction of sp³-hybridized carbons (Fsp3) is 0.333. The number of aromatic nitrogens is 2. The maximum absolute atomic E-state index is 12.0. The van der Waals surface area contributed by atoms with E-state index in [2.05, 4.69) is 10.2 Å². The Morgan fingerprint density at radius 1 is 1.41 bits per heavy atom. The van der Waals surface area contributed by atoms with Crippen LogP contribution in [0.15, 0.2) is 28.9 Å². The highest BCUT2D eigenvalue weighted by molar-refractivity contribution is 5.93. The average Bonchev–Trinajstić information content (AvgIpc) is 3.09. The summed E-state index contributed by atoms with van der Waals surface area (Å²) in [5.41, 5.74) is 1.19. The lowest BCUT2D eigenvalue weighted by atomic mass is 10.3. The molecule has 0 aromatic carbocycles. The van der Waals surface area contributed by atoms with Gasteiger partial charge in [-0.3, -0.25) is 9.89 Å². The number of hydrogen-bond acceptors (Lipinski definition) is 3. The van der Waals surface area contributed by atoms with Crippen molar-refractivity contribution in [2.45, 2.75) is 12.8 Å². The van der Waals surface area contributed by atoms with Crippen molar-refractivity contribution in [1.29, 1.82) is 0 Å². The smallest absolute Gasteiger partial charge is 0.274 e. The van der Waals surface area contributed by atoms with Gasteiger partial charge in [-0.2, -0.15) is 5.10 Å². The molecular weight excluding hydrogens is 218 g/mol. The van der Waals surface area contributed by atoms with Crippen molar-refractivity contribution in [3.8, 4) is 11.5 Å². The van der Waals surface area contributed by atoms with Crippen molar-refractivity contribution in [2.75, 3.05) is 13.1 Å². The Morgan fingerprint density at radius 2 is 2.24 bits per heavy atom. The number of carbonyl (C=O) groups excluding carboxylic acids is 1. The molecule has 2 aromatic heterocycles. The lowest BCUT2D eigenvalue weighted by molar-refractivity contribution is 0.0787. The van der Waals surface area contributed by atoms with Crippen LogP contribution in [0.5, 0.6) is 0 Å². The summed E-state index contributed by atoms with van der Waals surface area (Å²) < 4.78 is 5.24. The molecule has 2 aromatic rings. The van der Waals surface area contributed by atoms with Crippen LogP contribution in [0.2, 0.25) is 0 Å². The number of aromatic amines is 1. The average molecular weight is 231 g/mol. The molecule has 88 valence electrons. The van der Waals surface area contributed by atoms with Gasteiger partial charge in [0, 0.05) is 19.2 Å². The lowest BCUT2D eigenvalue weighted by Gasteiger charge is -2.12. The molecule has 0 spiro atoms. The van der Waals surface area contributed by atoms with E-state index in [1.165, 1.54) is 0 Å². The number of hydrogen-bond donors (Lipinski definition) is 1. The minimum Gasteiger partial charge on any atom is -0.463 e. The van der Waals surface area contributed by atoms with Gasteiger partial charge in [-0.1, -0.05) is 0 Å². The van der Waals surface area contributed by atoms with Crippen LogP contribution < -0.4 is 0 Å². The van der Waals surface area contributed by atoms with Gasteiger partial charge in [-0.15, -0.1) is 0 Å². The topological polar surface area (TPSA) is 62.1 Å². The summed E-state index contributed by atoms with van der Waals surface area (Å²) in [4.78, 5) is 13.9. The summed E-state index contributed by atoms with van der Waals surface area (Å²) in [6.45, 7) is 1.67. The van der Waals surface area contributed by atoms with E-state index in [9.17, 15) is 4.79 Å². The molecule has 5 nitrogen and oxygen atoms in total. The monoisotopic (exact) mass is 231 g/mol. The highest BCUT2D eigenvalue weighted by atomic mass is 16.3. The molecule has 1 saturated heterocycles. The normalized spacial score (nSPS) is 15.4. The van der Waals surface area contributed by atoms with E-state index < -0.39 is 0 Å². The SMILES string of the molecule is O=C(c1cc(-c2ccco2)[nH]n1)N1CCCC1. The van der Waals surface area contributed by atoms with Crippen LogP contribution >= 0.6 is 0 Å². The predicted molar refractivity (Wildman–Crippen MR) is 61.4 cm³/mol. The molecule has 1 aliphatic heterocycles. The molecule has 1 N–H and O–H groups in total. The summed E-state index contributed by atoms with van der Waals surface area (Å²) in [5, 5.41) is 6.86. The Balaban J connectivity index is 1.82. The molecule has 0 unspecified atom stereocenters. The highest BCUT2D eigenvalue weighted by Crippen LogP contribution is 2.19. The van der Waals surface area contributed by atoms with Crippen molar-refractivity contribution in [2.24, 2.45) is 0 Å². The first-order valence-electron chi connectivity index (χ1n) is 5.73. The second kappa shape index (κ2) is 4.08. The molecule has 1 amide bonds. The molecule has 1 aliphatic rings. The maximum atomic E-state index is 12.0. The third-order valence-electron chi connectivity index (χ3n) is 2.98. The molecule has 0 aliphatic carbocycles. The van der Waals surface area contributed by atoms with Crippen molar-refractivity contribution in [1.82, 2.24) is 15.1 Å². The first-order valence-corrected chi connectivity index (χ1v) is 5.73. The molecule has 0 radical (unpaired) electrons. The summed E-state index contributed by atoms with van der Waals surface area (Å²) in [5.74, 6) is 0.689. The van der Waals surface area contributed by atoms with Gasteiger partial charge in [-0.25, -0.2) is 0 Å². The molecule has 1 fully saturated rings. The predicted octanol–water partition coefficient (Wildman–Crippen LogP) is 1.91. The number of likely N-dealkylation sites (tertiary alicyclic amines) is 1. The third kappa shape index (κ3) is 1.84. The Morgan fingerprint density at radius 3 is 2.94 bits per heavy atom. The molecule has 0 saturated carbocycles. The van der Waals surface area contributed by atoms with Gasteiger partial charge >= 0.3 is 0 Å². The van der Waals surface area contributed by atoms with Gasteiger partial charge in [0.1, 0.15) is 5.69 Å². The Kier molecular flexibility index (Phi) is 2.44. The van der Waals surface area contributed by atoms with Crippen LogP contribution in [0, 0.1) is 0 Å². The molecule has 5 heteroatoms. The molecular formula is C12H13N3O2. The van der Waals surface area contributed by atoms with E-state index in [4.69, 9.17) is 4.42 Å². The van der Waals surface area contributed by atoms with E-state index in [1.807, 2.05) is 11.0 Å². The number of carbonyl (C=O) groups is 1. The van der Waals surface area contributed by atoms with E-state index in [1.54, 1.807) is 18.4 Å². The third-order valence-corrected chi connectivity index (χ3v) is 2.98. The number of furan rings is 1. The zero-order valence-electron chi connectivity index (χ0n) is 9.35. The minimum absolute atomic E-state index is 0.00319. The standard InChI is InChI=1S/C12H13N3O2/c16-12(15-5-1-2-6-15)10-8-9(13-14-10)11-4-3-7-17-11/h3-4,7-8H,1-2,5-6H2,(H,13,14). The van der Waals surface area contributed by atoms with E-state index >= 15 is 0 Å². The molecule has 17 heavy (non-hydrogen) atoms. The van der Waals surface area contributed by atoms with Gasteiger partial charge < -0.3 is 9.32 Å². The van der Waals surface area contributed by atoms with Gasteiger partial charge in [0.25, 0.3) is 5.91 Å². The van der Waals surface area contributed by atoms with Gasteiger partial charge in [0.15, 0.2) is 11.5 Å². The van der Waals surface area contributed by atoms with Crippen LogP contribution in [-0.4, -0.2) is 34.1 Å². The van der Waals surface area contributed by atoms with Crippen LogP contribution in [-0.2, 0) is 0 Å². The molecule has 0 atom stereocenters. The minimum atomic E-state index is -0.00319. The quantitative estimate of drug-likeness (QED) is 0.858. The van der Waals surface area contributed by atoms with Crippen LogP contribution in [0.4, 0.5) is 0 Å². The number of nitrogens with zero attached hydrogens (tertiary/aromatic N) is 2. The largest absolute Gasteiger partial charge is 0.463 e. The zero-order valence-corrected chi connectivity index (χ0v) is 9.35. The fourth-order valence-electron chi connectivity index (χ4n) is 2.07. The zero-order chi connectivity index (χ0) is 11.7.